The summed E-state index contributed by atoms with van der Waals surface area (Å²) in [4.78, 5) is 37.9. The van der Waals surface area contributed by atoms with E-state index in [0.29, 0.717) is 0 Å². The maximum atomic E-state index is 12.9. The van der Waals surface area contributed by atoms with Crippen LogP contribution in [-0.4, -0.2) is 49.4 Å². The topological polar surface area (TPSA) is 97.4 Å². The van der Waals surface area contributed by atoms with Gasteiger partial charge in [0, 0.05) is 0 Å². The molecule has 0 aromatic heterocycles. The summed E-state index contributed by atoms with van der Waals surface area (Å²) in [7, 11) is 1.09. The molecular formula is C28H26O8. The Morgan fingerprint density at radius 3 is 1.81 bits per heavy atom. The number of carbonyl (C=O) groups is 3. The summed E-state index contributed by atoms with van der Waals surface area (Å²) < 4.78 is 28.2. The van der Waals surface area contributed by atoms with E-state index in [2.05, 4.69) is 4.74 Å². The molecule has 0 aliphatic carbocycles. The normalized spacial score (nSPS) is 21.0. The average molecular weight is 491 g/mol. The van der Waals surface area contributed by atoms with Crippen LogP contribution in [0.1, 0.15) is 21.5 Å². The van der Waals surface area contributed by atoms with Crippen LogP contribution in [0.3, 0.4) is 0 Å². The highest BCUT2D eigenvalue weighted by molar-refractivity contribution is 6.35. The molecule has 8 heteroatoms. The lowest BCUT2D eigenvalue weighted by atomic mass is 10.1. The number of hydrogen-bond acceptors (Lipinski definition) is 8. The summed E-state index contributed by atoms with van der Waals surface area (Å²) in [6.45, 7) is 0.285. The number of ketones is 1. The molecule has 1 heterocycles. The van der Waals surface area contributed by atoms with E-state index in [0.717, 1.165) is 18.2 Å². The molecule has 36 heavy (non-hydrogen) atoms. The Morgan fingerprint density at radius 1 is 0.722 bits per heavy atom. The molecule has 8 nitrogen and oxygen atoms in total. The monoisotopic (exact) mass is 490 g/mol. The highest BCUT2D eigenvalue weighted by Gasteiger charge is 2.53. The van der Waals surface area contributed by atoms with Gasteiger partial charge in [0.2, 0.25) is 0 Å². The van der Waals surface area contributed by atoms with Gasteiger partial charge in [0.25, 0.3) is 5.78 Å². The van der Waals surface area contributed by atoms with Crippen LogP contribution in [0, 0.1) is 0 Å². The SMILES string of the molecule is COC(=O)C(=O)[C@H]1O[C@@H](OCc2ccccc2)[C@H](OCc2ccccc2)[C@H]1OC(=O)c1ccccc1. The predicted molar refractivity (Wildman–Crippen MR) is 128 cm³/mol. The molecule has 0 radical (unpaired) electrons. The minimum absolute atomic E-state index is 0.137. The quantitative estimate of drug-likeness (QED) is 0.315. The average Bonchev–Trinajstić information content (AvgIpc) is 3.28. The minimum Gasteiger partial charge on any atom is -0.463 e. The van der Waals surface area contributed by atoms with Crippen molar-refractivity contribution in [2.75, 3.05) is 7.11 Å². The lowest BCUT2D eigenvalue weighted by Crippen LogP contribution is -2.44. The molecule has 3 aromatic carbocycles. The highest BCUT2D eigenvalue weighted by Crippen LogP contribution is 2.31. The van der Waals surface area contributed by atoms with Crippen molar-refractivity contribution < 1.29 is 38.1 Å². The zero-order chi connectivity index (χ0) is 25.3. The third-order valence-corrected chi connectivity index (χ3v) is 5.61. The van der Waals surface area contributed by atoms with Crippen LogP contribution in [0.4, 0.5) is 0 Å². The van der Waals surface area contributed by atoms with Gasteiger partial charge in [0.1, 0.15) is 6.10 Å². The van der Waals surface area contributed by atoms with Gasteiger partial charge in [0.15, 0.2) is 18.5 Å². The Balaban J connectivity index is 1.61. The van der Waals surface area contributed by atoms with Crippen LogP contribution in [-0.2, 0) is 46.5 Å². The molecule has 1 saturated heterocycles. The Bertz CT molecular complexity index is 1150. The fourth-order valence-corrected chi connectivity index (χ4v) is 3.78. The van der Waals surface area contributed by atoms with Crippen molar-refractivity contribution >= 4 is 17.7 Å². The van der Waals surface area contributed by atoms with E-state index in [1.54, 1.807) is 30.3 Å². The van der Waals surface area contributed by atoms with Crippen molar-refractivity contribution in [3.8, 4) is 0 Å². The third kappa shape index (κ3) is 6.23. The van der Waals surface area contributed by atoms with Gasteiger partial charge in [-0.25, -0.2) is 9.59 Å². The van der Waals surface area contributed by atoms with E-state index in [1.807, 2.05) is 60.7 Å². The van der Waals surface area contributed by atoms with E-state index in [1.165, 1.54) is 0 Å². The smallest absolute Gasteiger partial charge is 0.377 e. The van der Waals surface area contributed by atoms with E-state index in [-0.39, 0.29) is 18.8 Å². The second-order valence-corrected chi connectivity index (χ2v) is 8.07. The molecule has 0 unspecified atom stereocenters. The predicted octanol–water partition coefficient (Wildman–Crippen LogP) is 3.48. The van der Waals surface area contributed by atoms with Gasteiger partial charge in [-0.2, -0.15) is 0 Å². The first-order valence-corrected chi connectivity index (χ1v) is 11.4. The largest absolute Gasteiger partial charge is 0.463 e. The summed E-state index contributed by atoms with van der Waals surface area (Å²) in [6.07, 6.45) is -4.82. The van der Waals surface area contributed by atoms with Gasteiger partial charge in [0.05, 0.1) is 25.9 Å². The van der Waals surface area contributed by atoms with Crippen LogP contribution in [0.5, 0.6) is 0 Å². The van der Waals surface area contributed by atoms with Gasteiger partial charge in [-0.15, -0.1) is 0 Å². The molecule has 186 valence electrons. The maximum Gasteiger partial charge on any atom is 0.377 e. The molecule has 1 fully saturated rings. The Labute approximate surface area is 208 Å². The van der Waals surface area contributed by atoms with Gasteiger partial charge in [-0.3, -0.25) is 4.79 Å². The van der Waals surface area contributed by atoms with Crippen LogP contribution in [0.25, 0.3) is 0 Å². The Morgan fingerprint density at radius 2 is 1.25 bits per heavy atom. The van der Waals surface area contributed by atoms with Crippen LogP contribution >= 0.6 is 0 Å². The van der Waals surface area contributed by atoms with Crippen molar-refractivity contribution in [2.24, 2.45) is 0 Å². The maximum absolute atomic E-state index is 12.9. The van der Waals surface area contributed by atoms with Crippen LogP contribution in [0.2, 0.25) is 0 Å². The van der Waals surface area contributed by atoms with Crippen molar-refractivity contribution in [3.63, 3.8) is 0 Å². The van der Waals surface area contributed by atoms with Crippen molar-refractivity contribution in [3.05, 3.63) is 108 Å². The number of carbonyl (C=O) groups excluding carboxylic acids is 3. The van der Waals surface area contributed by atoms with E-state index < -0.39 is 42.3 Å². The minimum atomic E-state index is -1.47. The molecule has 4 rings (SSSR count). The van der Waals surface area contributed by atoms with Crippen molar-refractivity contribution in [1.82, 2.24) is 0 Å². The highest BCUT2D eigenvalue weighted by atomic mass is 16.7. The summed E-state index contributed by atoms with van der Waals surface area (Å²) in [6, 6.07) is 27.0. The number of rotatable bonds is 10. The Hall–Kier alpha value is -3.85. The molecule has 1 aliphatic rings. The lowest BCUT2D eigenvalue weighted by Gasteiger charge is -2.24. The standard InChI is InChI=1S/C28H26O8/c1-32-27(31)22(29)23-24(35-26(30)21-15-9-4-10-16-21)25(33-17-19-11-5-2-6-12-19)28(36-23)34-18-20-13-7-3-8-14-20/h2-16,23-25,28H,17-18H2,1H3/t23-,24+,25-,28-/m1/s1. The number of ether oxygens (including phenoxy) is 5. The fourth-order valence-electron chi connectivity index (χ4n) is 3.78. The second-order valence-electron chi connectivity index (χ2n) is 8.07. The third-order valence-electron chi connectivity index (χ3n) is 5.61. The number of benzene rings is 3. The molecule has 0 saturated carbocycles. The number of methoxy groups -OCH3 is 1. The Kier molecular flexibility index (Phi) is 8.57. The fraction of sp³-hybridized carbons (Fsp3) is 0.250. The molecule has 0 N–H and O–H groups in total. The number of Topliss-reactive ketones (excluding diaryl/α,β-unsaturated/α-hetero) is 1. The molecular weight excluding hydrogens is 464 g/mol. The molecule has 0 amide bonds. The summed E-state index contributed by atoms with van der Waals surface area (Å²) in [5.41, 5.74) is 2.00. The summed E-state index contributed by atoms with van der Waals surface area (Å²) in [5, 5.41) is 0. The number of esters is 2. The van der Waals surface area contributed by atoms with Crippen molar-refractivity contribution in [2.45, 2.75) is 37.8 Å². The van der Waals surface area contributed by atoms with Gasteiger partial charge >= 0.3 is 11.9 Å². The molecule has 0 bridgehead atoms. The van der Waals surface area contributed by atoms with Crippen LogP contribution in [0.15, 0.2) is 91.0 Å². The van der Waals surface area contributed by atoms with Crippen LogP contribution < -0.4 is 0 Å². The van der Waals surface area contributed by atoms with E-state index in [9.17, 15) is 14.4 Å². The lowest BCUT2D eigenvalue weighted by molar-refractivity contribution is -0.189. The molecule has 0 spiro atoms. The van der Waals surface area contributed by atoms with Crippen molar-refractivity contribution in [1.29, 1.82) is 0 Å². The first-order valence-electron chi connectivity index (χ1n) is 11.4. The summed E-state index contributed by atoms with van der Waals surface area (Å²) >= 11 is 0. The van der Waals surface area contributed by atoms with E-state index >= 15 is 0 Å². The summed E-state index contributed by atoms with van der Waals surface area (Å²) in [5.74, 6) is -2.81. The molecule has 1 aliphatic heterocycles. The van der Waals surface area contributed by atoms with E-state index in [4.69, 9.17) is 18.9 Å². The van der Waals surface area contributed by atoms with Gasteiger partial charge in [-0.05, 0) is 23.3 Å². The van der Waals surface area contributed by atoms with Gasteiger partial charge < -0.3 is 23.7 Å². The zero-order valence-corrected chi connectivity index (χ0v) is 19.6. The van der Waals surface area contributed by atoms with Gasteiger partial charge in [-0.1, -0.05) is 78.9 Å². The molecule has 4 atom stereocenters. The molecule has 3 aromatic rings. The zero-order valence-electron chi connectivity index (χ0n) is 19.6. The number of hydrogen-bond donors (Lipinski definition) is 0. The first kappa shape index (κ1) is 25.2. The first-order chi connectivity index (χ1) is 17.6. The second kappa shape index (κ2) is 12.2.